The predicted molar refractivity (Wildman–Crippen MR) is 100 cm³/mol. The average Bonchev–Trinajstić information content (AvgIpc) is 2.57. The second-order valence-corrected chi connectivity index (χ2v) is 6.93. The number of carboxylic acids is 1. The summed E-state index contributed by atoms with van der Waals surface area (Å²) in [6.07, 6.45) is 1.64. The lowest BCUT2D eigenvalue weighted by atomic mass is 10.0. The Balaban J connectivity index is 4.93. The zero-order valence-corrected chi connectivity index (χ0v) is 16.5. The van der Waals surface area contributed by atoms with Crippen LogP contribution in [0.3, 0.4) is 0 Å². The normalized spacial score (nSPS) is 15.4. The SMILES string of the molecule is CC(N)C(=O)NC(CCCCN)C(=O)NC(C)C(=O)NC(C(=O)O)C(C)C. The number of amides is 3. The summed E-state index contributed by atoms with van der Waals surface area (Å²) in [5.41, 5.74) is 11.0. The summed E-state index contributed by atoms with van der Waals surface area (Å²) < 4.78 is 0. The summed E-state index contributed by atoms with van der Waals surface area (Å²) in [6.45, 7) is 6.73. The van der Waals surface area contributed by atoms with Crippen molar-refractivity contribution in [1.29, 1.82) is 0 Å². The minimum Gasteiger partial charge on any atom is -0.480 e. The highest BCUT2D eigenvalue weighted by Gasteiger charge is 2.28. The van der Waals surface area contributed by atoms with Gasteiger partial charge in [-0.1, -0.05) is 13.8 Å². The molecule has 4 atom stereocenters. The molecule has 10 nitrogen and oxygen atoms in total. The summed E-state index contributed by atoms with van der Waals surface area (Å²) >= 11 is 0. The maximum absolute atomic E-state index is 12.5. The van der Waals surface area contributed by atoms with Crippen LogP contribution in [0.5, 0.6) is 0 Å². The molecule has 0 aliphatic rings. The molecule has 0 heterocycles. The fraction of sp³-hybridized carbons (Fsp3) is 0.765. The van der Waals surface area contributed by atoms with Crippen molar-refractivity contribution in [2.75, 3.05) is 6.54 Å². The Morgan fingerprint density at radius 2 is 1.48 bits per heavy atom. The largest absolute Gasteiger partial charge is 0.480 e. The highest BCUT2D eigenvalue weighted by molar-refractivity contribution is 5.93. The van der Waals surface area contributed by atoms with Crippen LogP contribution in [0.15, 0.2) is 0 Å². The number of nitrogens with one attached hydrogen (secondary N) is 3. The summed E-state index contributed by atoms with van der Waals surface area (Å²) in [4.78, 5) is 47.7. The lowest BCUT2D eigenvalue weighted by Gasteiger charge is -2.24. The highest BCUT2D eigenvalue weighted by Crippen LogP contribution is 2.04. The topological polar surface area (TPSA) is 177 Å². The van der Waals surface area contributed by atoms with Gasteiger partial charge in [0.15, 0.2) is 0 Å². The van der Waals surface area contributed by atoms with E-state index in [1.165, 1.54) is 13.8 Å². The first-order chi connectivity index (χ1) is 12.5. The van der Waals surface area contributed by atoms with Crippen LogP contribution in [0.2, 0.25) is 0 Å². The van der Waals surface area contributed by atoms with Crippen molar-refractivity contribution >= 4 is 23.7 Å². The zero-order chi connectivity index (χ0) is 21.1. The standard InChI is InChI=1S/C17H33N5O5/c1-9(2)13(17(26)27)22-15(24)11(4)20-16(25)12(7-5-6-8-18)21-14(23)10(3)19/h9-13H,5-8,18-19H2,1-4H3,(H,20,25)(H,21,23)(H,22,24)(H,26,27). The van der Waals surface area contributed by atoms with Crippen molar-refractivity contribution in [3.05, 3.63) is 0 Å². The molecule has 0 spiro atoms. The van der Waals surface area contributed by atoms with Gasteiger partial charge in [-0.05, 0) is 45.6 Å². The average molecular weight is 387 g/mol. The van der Waals surface area contributed by atoms with Gasteiger partial charge in [0.2, 0.25) is 17.7 Å². The quantitative estimate of drug-likeness (QED) is 0.225. The van der Waals surface area contributed by atoms with Gasteiger partial charge in [0.05, 0.1) is 6.04 Å². The first-order valence-electron chi connectivity index (χ1n) is 9.10. The van der Waals surface area contributed by atoms with E-state index in [1.807, 2.05) is 0 Å². The molecule has 10 heteroatoms. The lowest BCUT2D eigenvalue weighted by Crippen LogP contribution is -2.56. The van der Waals surface area contributed by atoms with Crippen LogP contribution in [0.4, 0.5) is 0 Å². The molecular weight excluding hydrogens is 354 g/mol. The maximum atomic E-state index is 12.5. The van der Waals surface area contributed by atoms with E-state index in [1.54, 1.807) is 13.8 Å². The number of carboxylic acid groups (broad SMARTS) is 1. The van der Waals surface area contributed by atoms with Gasteiger partial charge < -0.3 is 32.5 Å². The number of hydrogen-bond acceptors (Lipinski definition) is 6. The molecule has 0 aromatic heterocycles. The van der Waals surface area contributed by atoms with Crippen LogP contribution >= 0.6 is 0 Å². The van der Waals surface area contributed by atoms with Crippen molar-refractivity contribution < 1.29 is 24.3 Å². The van der Waals surface area contributed by atoms with Crippen LogP contribution in [0.25, 0.3) is 0 Å². The molecule has 0 saturated heterocycles. The first kappa shape index (κ1) is 24.8. The van der Waals surface area contributed by atoms with Crippen molar-refractivity contribution in [3.63, 3.8) is 0 Å². The van der Waals surface area contributed by atoms with Crippen LogP contribution in [0, 0.1) is 5.92 Å². The van der Waals surface area contributed by atoms with E-state index >= 15 is 0 Å². The molecule has 0 aliphatic carbocycles. The summed E-state index contributed by atoms with van der Waals surface area (Å²) in [5, 5.41) is 16.6. The molecule has 0 aromatic carbocycles. The van der Waals surface area contributed by atoms with E-state index in [0.29, 0.717) is 25.8 Å². The highest BCUT2D eigenvalue weighted by atomic mass is 16.4. The number of nitrogens with two attached hydrogens (primary N) is 2. The number of hydrogen-bond donors (Lipinski definition) is 6. The van der Waals surface area contributed by atoms with Gasteiger partial charge in [0, 0.05) is 0 Å². The van der Waals surface area contributed by atoms with E-state index in [0.717, 1.165) is 0 Å². The summed E-state index contributed by atoms with van der Waals surface area (Å²) in [6, 6.07) is -3.67. The van der Waals surface area contributed by atoms with Crippen LogP contribution in [-0.2, 0) is 19.2 Å². The van der Waals surface area contributed by atoms with Gasteiger partial charge >= 0.3 is 5.97 Å². The Morgan fingerprint density at radius 1 is 0.889 bits per heavy atom. The molecule has 0 radical (unpaired) electrons. The van der Waals surface area contributed by atoms with E-state index in [9.17, 15) is 19.2 Å². The van der Waals surface area contributed by atoms with Crippen LogP contribution in [0.1, 0.15) is 47.0 Å². The van der Waals surface area contributed by atoms with Gasteiger partial charge in [0.25, 0.3) is 0 Å². The van der Waals surface area contributed by atoms with Gasteiger partial charge in [-0.15, -0.1) is 0 Å². The molecule has 3 amide bonds. The third-order valence-corrected chi connectivity index (χ3v) is 3.98. The minimum absolute atomic E-state index is 0.316. The molecule has 27 heavy (non-hydrogen) atoms. The van der Waals surface area contributed by atoms with Gasteiger partial charge in [0.1, 0.15) is 18.1 Å². The summed E-state index contributed by atoms with van der Waals surface area (Å²) in [7, 11) is 0. The number of carbonyl (C=O) groups is 4. The van der Waals surface area contributed by atoms with Gasteiger partial charge in [-0.2, -0.15) is 0 Å². The Bertz CT molecular complexity index is 524. The predicted octanol–water partition coefficient (Wildman–Crippen LogP) is -1.32. The Morgan fingerprint density at radius 3 is 1.93 bits per heavy atom. The third-order valence-electron chi connectivity index (χ3n) is 3.98. The zero-order valence-electron chi connectivity index (χ0n) is 16.5. The van der Waals surface area contributed by atoms with Gasteiger partial charge in [-0.3, -0.25) is 14.4 Å². The molecule has 0 aliphatic heterocycles. The molecule has 0 bridgehead atoms. The van der Waals surface area contributed by atoms with Crippen molar-refractivity contribution in [2.24, 2.45) is 17.4 Å². The minimum atomic E-state index is -1.15. The second-order valence-electron chi connectivity index (χ2n) is 6.93. The fourth-order valence-electron chi connectivity index (χ4n) is 2.24. The second kappa shape index (κ2) is 12.2. The molecular formula is C17H33N5O5. The summed E-state index contributed by atoms with van der Waals surface area (Å²) in [5.74, 6) is -3.11. The monoisotopic (exact) mass is 387 g/mol. The first-order valence-corrected chi connectivity index (χ1v) is 9.10. The smallest absolute Gasteiger partial charge is 0.326 e. The van der Waals surface area contributed by atoms with Crippen LogP contribution < -0.4 is 27.4 Å². The van der Waals surface area contributed by atoms with E-state index < -0.39 is 47.9 Å². The maximum Gasteiger partial charge on any atom is 0.326 e. The third kappa shape index (κ3) is 9.34. The van der Waals surface area contributed by atoms with Crippen LogP contribution in [-0.4, -0.2) is 59.5 Å². The van der Waals surface area contributed by atoms with Crippen molar-refractivity contribution in [2.45, 2.75) is 71.1 Å². The Hall–Kier alpha value is -2.20. The van der Waals surface area contributed by atoms with E-state index in [-0.39, 0.29) is 5.92 Å². The molecule has 4 unspecified atom stereocenters. The lowest BCUT2D eigenvalue weighted by molar-refractivity contribution is -0.143. The van der Waals surface area contributed by atoms with E-state index in [2.05, 4.69) is 16.0 Å². The molecule has 0 rings (SSSR count). The number of rotatable bonds is 12. The Kier molecular flexibility index (Phi) is 11.2. The van der Waals surface area contributed by atoms with Crippen molar-refractivity contribution in [3.8, 4) is 0 Å². The molecule has 0 aromatic rings. The Labute approximate surface area is 159 Å². The van der Waals surface area contributed by atoms with Crippen molar-refractivity contribution in [1.82, 2.24) is 16.0 Å². The number of aliphatic carboxylic acids is 1. The van der Waals surface area contributed by atoms with E-state index in [4.69, 9.17) is 16.6 Å². The molecule has 0 fully saturated rings. The number of carbonyl (C=O) groups excluding carboxylic acids is 3. The van der Waals surface area contributed by atoms with Gasteiger partial charge in [-0.25, -0.2) is 4.79 Å². The molecule has 156 valence electrons. The molecule has 8 N–H and O–H groups in total. The number of unbranched alkanes of at least 4 members (excludes halogenated alkanes) is 1. The fourth-order valence-corrected chi connectivity index (χ4v) is 2.24. The molecule has 0 saturated carbocycles.